The van der Waals surface area contributed by atoms with E-state index in [4.69, 9.17) is 0 Å². The molecule has 1 saturated carbocycles. The molecule has 0 radical (unpaired) electrons. The highest BCUT2D eigenvalue weighted by atomic mass is 32.2. The van der Waals surface area contributed by atoms with Crippen LogP contribution in [-0.2, 0) is 11.8 Å². The molecule has 1 heterocycles. The lowest BCUT2D eigenvalue weighted by molar-refractivity contribution is -0.113. The van der Waals surface area contributed by atoms with E-state index in [-0.39, 0.29) is 5.91 Å². The van der Waals surface area contributed by atoms with E-state index >= 15 is 0 Å². The number of carbonyl (C=O) groups is 1. The lowest BCUT2D eigenvalue weighted by Crippen LogP contribution is -2.15. The number of para-hydroxylation sites is 1. The highest BCUT2D eigenvalue weighted by Crippen LogP contribution is 2.33. The number of aromatic nitrogens is 3. The van der Waals surface area contributed by atoms with Gasteiger partial charge >= 0.3 is 0 Å². The zero-order valence-corrected chi connectivity index (χ0v) is 14.4. The third-order valence-corrected chi connectivity index (χ3v) is 5.36. The van der Waals surface area contributed by atoms with Crippen molar-refractivity contribution in [2.45, 2.75) is 43.7 Å². The smallest absolute Gasteiger partial charge is 0.234 e. The molecule has 3 rings (SSSR count). The lowest BCUT2D eigenvalue weighted by Gasteiger charge is -2.09. The summed E-state index contributed by atoms with van der Waals surface area (Å²) in [5.74, 6) is 1.91. The van der Waals surface area contributed by atoms with E-state index in [0.717, 1.165) is 22.2 Å². The zero-order chi connectivity index (χ0) is 16.2. The van der Waals surface area contributed by atoms with Gasteiger partial charge in [-0.2, -0.15) is 0 Å². The maximum atomic E-state index is 12.1. The molecule has 0 atom stereocenters. The van der Waals surface area contributed by atoms with Crippen molar-refractivity contribution in [3.8, 4) is 0 Å². The van der Waals surface area contributed by atoms with Gasteiger partial charge in [-0.25, -0.2) is 0 Å². The quantitative estimate of drug-likeness (QED) is 0.852. The van der Waals surface area contributed by atoms with Crippen LogP contribution in [0.3, 0.4) is 0 Å². The minimum absolute atomic E-state index is 0.0188. The summed E-state index contributed by atoms with van der Waals surface area (Å²) in [4.78, 5) is 12.1. The van der Waals surface area contributed by atoms with Gasteiger partial charge in [-0.1, -0.05) is 42.8 Å². The number of anilines is 1. The van der Waals surface area contributed by atoms with Crippen molar-refractivity contribution >= 4 is 23.4 Å². The molecule has 6 heteroatoms. The fraction of sp³-hybridized carbons (Fsp3) is 0.471. The summed E-state index contributed by atoms with van der Waals surface area (Å²) in [7, 11) is 2.00. The predicted molar refractivity (Wildman–Crippen MR) is 92.7 cm³/mol. The van der Waals surface area contributed by atoms with Crippen molar-refractivity contribution in [1.82, 2.24) is 14.8 Å². The largest absolute Gasteiger partial charge is 0.325 e. The molecule has 2 aromatic rings. The molecule has 5 nitrogen and oxygen atoms in total. The Morgan fingerprint density at radius 1 is 1.30 bits per heavy atom. The maximum absolute atomic E-state index is 12.1. The van der Waals surface area contributed by atoms with E-state index in [1.54, 1.807) is 0 Å². The number of rotatable bonds is 5. The number of carbonyl (C=O) groups excluding carboxylic acids is 1. The number of hydrogen-bond donors (Lipinski definition) is 1. The van der Waals surface area contributed by atoms with Gasteiger partial charge in [0.1, 0.15) is 5.82 Å². The first-order valence-corrected chi connectivity index (χ1v) is 9.01. The van der Waals surface area contributed by atoms with Crippen LogP contribution < -0.4 is 5.32 Å². The minimum atomic E-state index is -0.0188. The molecule has 1 N–H and O–H groups in total. The average molecular weight is 330 g/mol. The Hall–Kier alpha value is -1.82. The topological polar surface area (TPSA) is 59.8 Å². The Morgan fingerprint density at radius 2 is 2.04 bits per heavy atom. The predicted octanol–water partition coefficient (Wildman–Crippen LogP) is 3.51. The number of nitrogens with one attached hydrogen (secondary N) is 1. The molecule has 0 saturated heterocycles. The molecule has 0 bridgehead atoms. The number of nitrogens with zero attached hydrogens (tertiary/aromatic N) is 3. The van der Waals surface area contributed by atoms with Crippen LogP contribution in [0.15, 0.2) is 29.4 Å². The first-order chi connectivity index (χ1) is 11.1. The van der Waals surface area contributed by atoms with Crippen LogP contribution in [0.5, 0.6) is 0 Å². The molecule has 0 unspecified atom stereocenters. The molecular weight excluding hydrogens is 308 g/mol. The summed E-state index contributed by atoms with van der Waals surface area (Å²) in [6.07, 6.45) is 4.95. The van der Waals surface area contributed by atoms with Gasteiger partial charge in [0, 0.05) is 18.7 Å². The summed E-state index contributed by atoms with van der Waals surface area (Å²) in [6.45, 7) is 1.99. The van der Waals surface area contributed by atoms with E-state index in [9.17, 15) is 4.79 Å². The van der Waals surface area contributed by atoms with Gasteiger partial charge in [0.05, 0.1) is 5.75 Å². The summed E-state index contributed by atoms with van der Waals surface area (Å²) in [6, 6.07) is 7.79. The highest BCUT2D eigenvalue weighted by molar-refractivity contribution is 7.99. The fourth-order valence-electron chi connectivity index (χ4n) is 3.02. The molecule has 1 fully saturated rings. The molecule has 1 aliphatic carbocycles. The van der Waals surface area contributed by atoms with Crippen LogP contribution in [-0.4, -0.2) is 26.4 Å². The van der Waals surface area contributed by atoms with E-state index in [1.807, 2.05) is 42.8 Å². The SMILES string of the molecule is Cc1ccccc1NC(=O)CSc1nnc(C2CCCC2)n1C. The summed E-state index contributed by atoms with van der Waals surface area (Å²) in [5.41, 5.74) is 1.93. The lowest BCUT2D eigenvalue weighted by atomic mass is 10.1. The molecular formula is C17H22N4OS. The highest BCUT2D eigenvalue weighted by Gasteiger charge is 2.23. The molecule has 1 amide bonds. The Morgan fingerprint density at radius 3 is 2.78 bits per heavy atom. The third-order valence-electron chi connectivity index (χ3n) is 4.34. The second-order valence-corrected chi connectivity index (χ2v) is 6.98. The number of aryl methyl sites for hydroxylation is 1. The molecule has 122 valence electrons. The number of amides is 1. The number of thioether (sulfide) groups is 1. The fourth-order valence-corrected chi connectivity index (χ4v) is 3.74. The van der Waals surface area contributed by atoms with Crippen LogP contribution in [0.1, 0.15) is 43.0 Å². The summed E-state index contributed by atoms with van der Waals surface area (Å²) >= 11 is 1.44. The Bertz CT molecular complexity index is 692. The maximum Gasteiger partial charge on any atom is 0.234 e. The minimum Gasteiger partial charge on any atom is -0.325 e. The van der Waals surface area contributed by atoms with Gasteiger partial charge in [-0.15, -0.1) is 10.2 Å². The first kappa shape index (κ1) is 16.1. The van der Waals surface area contributed by atoms with Crippen molar-refractivity contribution in [3.63, 3.8) is 0 Å². The van der Waals surface area contributed by atoms with Crippen molar-refractivity contribution in [1.29, 1.82) is 0 Å². The standard InChI is InChI=1S/C17H22N4OS/c1-12-7-3-6-10-14(12)18-15(22)11-23-17-20-19-16(21(17)2)13-8-4-5-9-13/h3,6-7,10,13H,4-5,8-9,11H2,1-2H3,(H,18,22). The zero-order valence-electron chi connectivity index (χ0n) is 13.6. The van der Waals surface area contributed by atoms with Crippen molar-refractivity contribution in [3.05, 3.63) is 35.7 Å². The van der Waals surface area contributed by atoms with Gasteiger partial charge in [-0.05, 0) is 31.4 Å². The van der Waals surface area contributed by atoms with Gasteiger partial charge in [0.2, 0.25) is 5.91 Å². The molecule has 23 heavy (non-hydrogen) atoms. The van der Waals surface area contributed by atoms with Crippen LogP contribution in [0, 0.1) is 6.92 Å². The van der Waals surface area contributed by atoms with E-state index in [1.165, 1.54) is 37.4 Å². The molecule has 1 aromatic heterocycles. The Labute approximate surface area is 140 Å². The Balaban J connectivity index is 1.58. The van der Waals surface area contributed by atoms with Crippen molar-refractivity contribution < 1.29 is 4.79 Å². The third kappa shape index (κ3) is 3.75. The average Bonchev–Trinajstić information content (AvgIpc) is 3.17. The monoisotopic (exact) mass is 330 g/mol. The van der Waals surface area contributed by atoms with Gasteiger partial charge in [-0.3, -0.25) is 4.79 Å². The number of hydrogen-bond acceptors (Lipinski definition) is 4. The van der Waals surface area contributed by atoms with Gasteiger partial charge in [0.15, 0.2) is 5.16 Å². The second-order valence-electron chi connectivity index (χ2n) is 6.03. The van der Waals surface area contributed by atoms with E-state index in [0.29, 0.717) is 11.7 Å². The summed E-state index contributed by atoms with van der Waals surface area (Å²) < 4.78 is 2.04. The Kier molecular flexibility index (Phi) is 5.00. The molecule has 0 aliphatic heterocycles. The van der Waals surface area contributed by atoms with Crippen LogP contribution in [0.4, 0.5) is 5.69 Å². The van der Waals surface area contributed by atoms with Crippen molar-refractivity contribution in [2.75, 3.05) is 11.1 Å². The van der Waals surface area contributed by atoms with Crippen LogP contribution in [0.2, 0.25) is 0 Å². The normalized spacial score (nSPS) is 15.0. The van der Waals surface area contributed by atoms with E-state index in [2.05, 4.69) is 15.5 Å². The molecule has 0 spiro atoms. The number of benzene rings is 1. The van der Waals surface area contributed by atoms with Crippen LogP contribution >= 0.6 is 11.8 Å². The van der Waals surface area contributed by atoms with E-state index < -0.39 is 0 Å². The van der Waals surface area contributed by atoms with Gasteiger partial charge < -0.3 is 9.88 Å². The summed E-state index contributed by atoms with van der Waals surface area (Å²) in [5, 5.41) is 12.3. The first-order valence-electron chi connectivity index (χ1n) is 8.02. The second kappa shape index (κ2) is 7.17. The van der Waals surface area contributed by atoms with Crippen LogP contribution in [0.25, 0.3) is 0 Å². The van der Waals surface area contributed by atoms with Crippen molar-refractivity contribution in [2.24, 2.45) is 7.05 Å². The molecule has 1 aromatic carbocycles. The molecule has 1 aliphatic rings. The van der Waals surface area contributed by atoms with Gasteiger partial charge in [0.25, 0.3) is 0 Å².